The highest BCUT2D eigenvalue weighted by atomic mass is 32.2. The van der Waals surface area contributed by atoms with Crippen LogP contribution in [0.2, 0.25) is 0 Å². The Morgan fingerprint density at radius 2 is 1.90 bits per heavy atom. The summed E-state index contributed by atoms with van der Waals surface area (Å²) >= 11 is 0. The zero-order valence-electron chi connectivity index (χ0n) is 23.5. The molecule has 7 nitrogen and oxygen atoms in total. The molecule has 0 saturated heterocycles. The maximum atomic E-state index is 14.5. The zero-order chi connectivity index (χ0) is 29.1. The first-order chi connectivity index (χ1) is 19.6. The third-order valence-electron chi connectivity index (χ3n) is 7.82. The number of hydrogen-bond donors (Lipinski definition) is 1. The lowest BCUT2D eigenvalue weighted by atomic mass is 9.87. The quantitative estimate of drug-likeness (QED) is 0.268. The number of sulfonamides is 1. The first-order valence-electron chi connectivity index (χ1n) is 13.8. The molecule has 1 aliphatic carbocycles. The smallest absolute Gasteiger partial charge is 0.241 e. The van der Waals surface area contributed by atoms with Gasteiger partial charge in [0.1, 0.15) is 11.6 Å². The number of carbonyl (C=O) groups is 1. The Hall–Kier alpha value is -3.82. The fraction of sp³-hybridized carbons (Fsp3) is 0.312. The Kier molecular flexibility index (Phi) is 8.37. The Morgan fingerprint density at radius 3 is 2.61 bits per heavy atom. The number of hydrogen-bond acceptors (Lipinski definition) is 4. The minimum atomic E-state index is -3.75. The van der Waals surface area contributed by atoms with Crippen molar-refractivity contribution in [3.63, 3.8) is 0 Å². The second-order valence-electron chi connectivity index (χ2n) is 10.8. The van der Waals surface area contributed by atoms with E-state index in [2.05, 4.69) is 9.71 Å². The van der Waals surface area contributed by atoms with E-state index in [1.165, 1.54) is 6.07 Å². The van der Waals surface area contributed by atoms with Crippen molar-refractivity contribution >= 4 is 21.6 Å². The van der Waals surface area contributed by atoms with E-state index in [9.17, 15) is 17.6 Å². The first-order valence-corrected chi connectivity index (χ1v) is 15.3. The summed E-state index contributed by atoms with van der Waals surface area (Å²) in [6.45, 7) is 3.99. The predicted octanol–water partition coefficient (Wildman–Crippen LogP) is 5.95. The largest absolute Gasteiger partial charge is 0.337 e. The molecule has 9 heteroatoms. The van der Waals surface area contributed by atoms with Gasteiger partial charge in [-0.1, -0.05) is 48.9 Å². The zero-order valence-corrected chi connectivity index (χ0v) is 24.4. The lowest BCUT2D eigenvalue weighted by molar-refractivity contribution is -0.119. The summed E-state index contributed by atoms with van der Waals surface area (Å²) in [5, 5.41) is 0. The van der Waals surface area contributed by atoms with Crippen LogP contribution in [-0.2, 0) is 34.8 Å². The van der Waals surface area contributed by atoms with Crippen LogP contribution < -0.4 is 9.62 Å². The van der Waals surface area contributed by atoms with Crippen LogP contribution in [0.15, 0.2) is 84.0 Å². The SMILES string of the molecule is Cc1ccc(S(=O)(=O)N[C@H]2CCCc3ccc(N(Cc4nccn4C)C(=O)C[C@@H](C)c4ccccc4F)cc32)cc1. The van der Waals surface area contributed by atoms with Crippen LogP contribution in [0.5, 0.6) is 0 Å². The van der Waals surface area contributed by atoms with Gasteiger partial charge in [0.2, 0.25) is 15.9 Å². The molecule has 214 valence electrons. The van der Waals surface area contributed by atoms with Gasteiger partial charge in [0.15, 0.2) is 0 Å². The van der Waals surface area contributed by atoms with Crippen molar-refractivity contribution in [2.24, 2.45) is 7.05 Å². The normalized spacial score (nSPS) is 15.8. The molecule has 1 aromatic heterocycles. The lowest BCUT2D eigenvalue weighted by Gasteiger charge is -2.30. The summed E-state index contributed by atoms with van der Waals surface area (Å²) in [6, 6.07) is 18.7. The summed E-state index contributed by atoms with van der Waals surface area (Å²) in [5.74, 6) is -0.136. The molecule has 0 spiro atoms. The van der Waals surface area contributed by atoms with Gasteiger partial charge in [-0.15, -0.1) is 0 Å². The van der Waals surface area contributed by atoms with Crippen LogP contribution in [0, 0.1) is 12.7 Å². The van der Waals surface area contributed by atoms with E-state index in [-0.39, 0.29) is 35.5 Å². The van der Waals surface area contributed by atoms with Gasteiger partial charge in [-0.2, -0.15) is 0 Å². The van der Waals surface area contributed by atoms with Crippen LogP contribution in [-0.4, -0.2) is 23.9 Å². The van der Waals surface area contributed by atoms with E-state index in [0.717, 1.165) is 29.5 Å². The van der Waals surface area contributed by atoms with E-state index in [1.54, 1.807) is 53.6 Å². The van der Waals surface area contributed by atoms with Crippen LogP contribution in [0.25, 0.3) is 0 Å². The molecule has 1 amide bonds. The molecule has 0 fully saturated rings. The second kappa shape index (κ2) is 12.0. The standard InChI is InChI=1S/C32H35FN4O3S/c1-22-11-15-26(16-12-22)41(39,40)35-30-10-6-7-24-13-14-25(20-28(24)30)37(21-31-34-17-18-36(31)3)32(38)19-23(2)27-8-4-5-9-29(27)33/h4-5,8-9,11-18,20,23,30,35H,6-7,10,19,21H2,1-3H3/t23-,30+/m1/s1. The number of benzene rings is 3. The van der Waals surface area contributed by atoms with Gasteiger partial charge in [0, 0.05) is 37.6 Å². The van der Waals surface area contributed by atoms with Crippen molar-refractivity contribution in [3.8, 4) is 0 Å². The molecule has 1 N–H and O–H groups in total. The number of halogens is 1. The minimum absolute atomic E-state index is 0.103. The molecule has 0 unspecified atom stereocenters. The van der Waals surface area contributed by atoms with Gasteiger partial charge in [0.25, 0.3) is 0 Å². The number of nitrogens with one attached hydrogen (secondary N) is 1. The highest BCUT2D eigenvalue weighted by Crippen LogP contribution is 2.35. The van der Waals surface area contributed by atoms with Crippen molar-refractivity contribution in [1.82, 2.24) is 14.3 Å². The molecule has 5 rings (SSSR count). The number of fused-ring (bicyclic) bond motifs is 1. The van der Waals surface area contributed by atoms with Crippen LogP contribution >= 0.6 is 0 Å². The van der Waals surface area contributed by atoms with Crippen molar-refractivity contribution in [3.05, 3.63) is 113 Å². The van der Waals surface area contributed by atoms with Gasteiger partial charge in [-0.3, -0.25) is 4.79 Å². The van der Waals surface area contributed by atoms with E-state index in [1.807, 2.05) is 49.9 Å². The molecule has 0 radical (unpaired) electrons. The molecule has 4 aromatic rings. The Balaban J connectivity index is 1.46. The van der Waals surface area contributed by atoms with Gasteiger partial charge in [0.05, 0.1) is 11.4 Å². The third kappa shape index (κ3) is 6.41. The van der Waals surface area contributed by atoms with Crippen molar-refractivity contribution in [2.75, 3.05) is 4.90 Å². The fourth-order valence-corrected chi connectivity index (χ4v) is 6.67. The van der Waals surface area contributed by atoms with Crippen molar-refractivity contribution < 1.29 is 17.6 Å². The summed E-state index contributed by atoms with van der Waals surface area (Å²) < 4.78 is 45.8. The van der Waals surface area contributed by atoms with Crippen molar-refractivity contribution in [2.45, 2.75) is 62.9 Å². The van der Waals surface area contributed by atoms with E-state index in [4.69, 9.17) is 0 Å². The number of aromatic nitrogens is 2. The average molecular weight is 575 g/mol. The Labute approximate surface area is 241 Å². The average Bonchev–Trinajstić information content (AvgIpc) is 3.36. The number of amides is 1. The first kappa shape index (κ1) is 28.7. The topological polar surface area (TPSA) is 84.3 Å². The summed E-state index contributed by atoms with van der Waals surface area (Å²) in [7, 11) is -1.87. The third-order valence-corrected chi connectivity index (χ3v) is 9.31. The number of aryl methyl sites for hydroxylation is 3. The van der Waals surface area contributed by atoms with Crippen LogP contribution in [0.1, 0.15) is 66.2 Å². The highest BCUT2D eigenvalue weighted by molar-refractivity contribution is 7.89. The number of nitrogens with zero attached hydrogens (tertiary/aromatic N) is 3. The molecule has 0 saturated carbocycles. The van der Waals surface area contributed by atoms with Crippen molar-refractivity contribution in [1.29, 1.82) is 0 Å². The fourth-order valence-electron chi connectivity index (χ4n) is 5.42. The minimum Gasteiger partial charge on any atom is -0.337 e. The van der Waals surface area contributed by atoms with E-state index < -0.39 is 16.1 Å². The molecule has 0 aliphatic heterocycles. The van der Waals surface area contributed by atoms with Crippen LogP contribution in [0.3, 0.4) is 0 Å². The van der Waals surface area contributed by atoms with Crippen LogP contribution in [0.4, 0.5) is 10.1 Å². The van der Waals surface area contributed by atoms with E-state index >= 15 is 0 Å². The summed E-state index contributed by atoms with van der Waals surface area (Å²) in [4.78, 5) is 20.1. The number of carbonyl (C=O) groups excluding carboxylic acids is 1. The van der Waals surface area contributed by atoms with E-state index in [0.29, 0.717) is 23.5 Å². The Bertz CT molecular complexity index is 1650. The Morgan fingerprint density at radius 1 is 1.15 bits per heavy atom. The van der Waals surface area contributed by atoms with Gasteiger partial charge in [-0.25, -0.2) is 22.5 Å². The van der Waals surface area contributed by atoms with Gasteiger partial charge in [-0.05, 0) is 79.1 Å². The molecular formula is C32H35FN4O3S. The molecule has 1 aliphatic rings. The summed E-state index contributed by atoms with van der Waals surface area (Å²) in [6.07, 6.45) is 5.94. The summed E-state index contributed by atoms with van der Waals surface area (Å²) in [5.41, 5.74) is 4.05. The molecule has 1 heterocycles. The molecule has 41 heavy (non-hydrogen) atoms. The van der Waals surface area contributed by atoms with Gasteiger partial charge < -0.3 is 9.47 Å². The molecule has 3 aromatic carbocycles. The number of rotatable bonds is 9. The highest BCUT2D eigenvalue weighted by Gasteiger charge is 2.28. The maximum absolute atomic E-state index is 14.5. The predicted molar refractivity (Wildman–Crippen MR) is 157 cm³/mol. The molecular weight excluding hydrogens is 539 g/mol. The monoisotopic (exact) mass is 574 g/mol. The lowest BCUT2D eigenvalue weighted by Crippen LogP contribution is -2.34. The maximum Gasteiger partial charge on any atom is 0.241 e. The molecule has 0 bridgehead atoms. The van der Waals surface area contributed by atoms with Gasteiger partial charge >= 0.3 is 0 Å². The number of anilines is 1. The second-order valence-corrected chi connectivity index (χ2v) is 12.5. The number of imidazole rings is 1. The molecule has 2 atom stereocenters.